The lowest BCUT2D eigenvalue weighted by atomic mass is 9.77. The SMILES string of the molecule is CCNC(c1cc(C)c(C)s1)c1ccccc1C1CCC1. The van der Waals surface area contributed by atoms with Crippen LogP contribution < -0.4 is 5.32 Å². The lowest BCUT2D eigenvalue weighted by Crippen LogP contribution is -2.24. The molecule has 112 valence electrons. The van der Waals surface area contributed by atoms with E-state index in [1.54, 1.807) is 5.56 Å². The second kappa shape index (κ2) is 6.33. The Labute approximate surface area is 132 Å². The summed E-state index contributed by atoms with van der Waals surface area (Å²) in [5, 5.41) is 3.71. The fourth-order valence-electron chi connectivity index (χ4n) is 3.18. The van der Waals surface area contributed by atoms with Crippen LogP contribution in [0.4, 0.5) is 0 Å². The average molecular weight is 299 g/mol. The third kappa shape index (κ3) is 2.93. The highest BCUT2D eigenvalue weighted by Crippen LogP contribution is 2.41. The third-order valence-electron chi connectivity index (χ3n) is 4.73. The zero-order valence-electron chi connectivity index (χ0n) is 13.3. The first-order valence-corrected chi connectivity index (χ1v) is 8.91. The van der Waals surface area contributed by atoms with Crippen molar-refractivity contribution in [2.75, 3.05) is 6.54 Å². The van der Waals surface area contributed by atoms with Crippen molar-refractivity contribution in [3.05, 3.63) is 56.8 Å². The van der Waals surface area contributed by atoms with Crippen LogP contribution in [-0.4, -0.2) is 6.54 Å². The van der Waals surface area contributed by atoms with E-state index in [2.05, 4.69) is 56.4 Å². The Bertz CT molecular complexity index is 590. The number of aryl methyl sites for hydroxylation is 2. The lowest BCUT2D eigenvalue weighted by Gasteiger charge is -2.30. The normalized spacial score (nSPS) is 16.7. The van der Waals surface area contributed by atoms with Gasteiger partial charge in [-0.1, -0.05) is 37.6 Å². The summed E-state index contributed by atoms with van der Waals surface area (Å²) in [6.45, 7) is 7.65. The van der Waals surface area contributed by atoms with Gasteiger partial charge in [0, 0.05) is 9.75 Å². The van der Waals surface area contributed by atoms with Gasteiger partial charge in [-0.25, -0.2) is 0 Å². The first kappa shape index (κ1) is 14.8. The molecule has 0 saturated heterocycles. The number of thiophene rings is 1. The molecule has 1 aromatic heterocycles. The molecule has 2 heteroatoms. The molecule has 0 aliphatic heterocycles. The van der Waals surface area contributed by atoms with Crippen molar-refractivity contribution in [2.24, 2.45) is 0 Å². The molecule has 1 aliphatic carbocycles. The first-order valence-electron chi connectivity index (χ1n) is 8.09. The van der Waals surface area contributed by atoms with Gasteiger partial charge in [-0.05, 0) is 61.9 Å². The van der Waals surface area contributed by atoms with Gasteiger partial charge in [-0.3, -0.25) is 0 Å². The maximum Gasteiger partial charge on any atom is 0.0673 e. The van der Waals surface area contributed by atoms with Gasteiger partial charge in [0.2, 0.25) is 0 Å². The summed E-state index contributed by atoms with van der Waals surface area (Å²) in [6, 6.07) is 11.8. The van der Waals surface area contributed by atoms with Crippen molar-refractivity contribution >= 4 is 11.3 Å². The Morgan fingerprint density at radius 2 is 2.00 bits per heavy atom. The van der Waals surface area contributed by atoms with Gasteiger partial charge in [0.15, 0.2) is 0 Å². The molecule has 1 fully saturated rings. The van der Waals surface area contributed by atoms with E-state index >= 15 is 0 Å². The number of hydrogen-bond donors (Lipinski definition) is 1. The molecule has 21 heavy (non-hydrogen) atoms. The summed E-state index contributed by atoms with van der Waals surface area (Å²) in [4.78, 5) is 2.90. The van der Waals surface area contributed by atoms with Crippen LogP contribution in [0.1, 0.15) is 64.6 Å². The predicted molar refractivity (Wildman–Crippen MR) is 92.3 cm³/mol. The number of benzene rings is 1. The standard InChI is InChI=1S/C19H25NS/c1-4-20-19(18-12-13(2)14(3)21-18)17-11-6-5-10-16(17)15-8-7-9-15/h5-6,10-12,15,19-20H,4,7-9H2,1-3H3. The molecular weight excluding hydrogens is 274 g/mol. The van der Waals surface area contributed by atoms with E-state index in [0.717, 1.165) is 12.5 Å². The Morgan fingerprint density at radius 1 is 1.24 bits per heavy atom. The minimum absolute atomic E-state index is 0.351. The van der Waals surface area contributed by atoms with Crippen molar-refractivity contribution < 1.29 is 0 Å². The van der Waals surface area contributed by atoms with Gasteiger partial charge in [-0.2, -0.15) is 0 Å². The van der Waals surface area contributed by atoms with Crippen LogP contribution in [0.3, 0.4) is 0 Å². The Morgan fingerprint density at radius 3 is 2.57 bits per heavy atom. The van der Waals surface area contributed by atoms with E-state index < -0.39 is 0 Å². The summed E-state index contributed by atoms with van der Waals surface area (Å²) in [5.74, 6) is 0.782. The van der Waals surface area contributed by atoms with Crippen LogP contribution in [0.15, 0.2) is 30.3 Å². The second-order valence-electron chi connectivity index (χ2n) is 6.14. The van der Waals surface area contributed by atoms with Crippen molar-refractivity contribution in [1.82, 2.24) is 5.32 Å². The van der Waals surface area contributed by atoms with Gasteiger partial charge in [0.05, 0.1) is 6.04 Å². The van der Waals surface area contributed by atoms with Crippen LogP contribution in [-0.2, 0) is 0 Å². The van der Waals surface area contributed by atoms with Gasteiger partial charge in [-0.15, -0.1) is 11.3 Å². The van der Waals surface area contributed by atoms with Gasteiger partial charge < -0.3 is 5.32 Å². The molecule has 3 rings (SSSR count). The van der Waals surface area contributed by atoms with Crippen LogP contribution >= 0.6 is 11.3 Å². The molecule has 1 heterocycles. The smallest absolute Gasteiger partial charge is 0.0673 e. The molecule has 2 aromatic rings. The molecule has 1 atom stereocenters. The van der Waals surface area contributed by atoms with E-state index in [1.807, 2.05) is 11.3 Å². The van der Waals surface area contributed by atoms with Crippen LogP contribution in [0.25, 0.3) is 0 Å². The second-order valence-corrected chi connectivity index (χ2v) is 7.42. The highest BCUT2D eigenvalue weighted by Gasteiger charge is 2.26. The van der Waals surface area contributed by atoms with Crippen LogP contribution in [0.2, 0.25) is 0 Å². The fourth-order valence-corrected chi connectivity index (χ4v) is 4.31. The minimum Gasteiger partial charge on any atom is -0.306 e. The molecule has 0 radical (unpaired) electrons. The van der Waals surface area contributed by atoms with Gasteiger partial charge in [0.25, 0.3) is 0 Å². The molecule has 1 nitrogen and oxygen atoms in total. The van der Waals surface area contributed by atoms with E-state index in [0.29, 0.717) is 6.04 Å². The van der Waals surface area contributed by atoms with E-state index in [-0.39, 0.29) is 0 Å². The number of nitrogens with one attached hydrogen (secondary N) is 1. The monoisotopic (exact) mass is 299 g/mol. The summed E-state index contributed by atoms with van der Waals surface area (Å²) < 4.78 is 0. The minimum atomic E-state index is 0.351. The first-order chi connectivity index (χ1) is 10.2. The summed E-state index contributed by atoms with van der Waals surface area (Å²) in [5.41, 5.74) is 4.47. The fraction of sp³-hybridized carbons (Fsp3) is 0.474. The number of rotatable bonds is 5. The molecule has 1 aliphatic rings. The van der Waals surface area contributed by atoms with Gasteiger partial charge >= 0.3 is 0 Å². The Balaban J connectivity index is 2.01. The summed E-state index contributed by atoms with van der Waals surface area (Å²) in [7, 11) is 0. The molecule has 0 amide bonds. The zero-order chi connectivity index (χ0) is 14.8. The third-order valence-corrected chi connectivity index (χ3v) is 5.95. The van der Waals surface area contributed by atoms with Crippen molar-refractivity contribution in [2.45, 2.75) is 52.0 Å². The highest BCUT2D eigenvalue weighted by molar-refractivity contribution is 7.12. The van der Waals surface area contributed by atoms with Crippen molar-refractivity contribution in [1.29, 1.82) is 0 Å². The lowest BCUT2D eigenvalue weighted by molar-refractivity contribution is 0.414. The van der Waals surface area contributed by atoms with E-state index in [1.165, 1.54) is 40.1 Å². The largest absolute Gasteiger partial charge is 0.306 e. The molecule has 1 saturated carbocycles. The van der Waals surface area contributed by atoms with E-state index in [4.69, 9.17) is 0 Å². The quantitative estimate of drug-likeness (QED) is 0.786. The van der Waals surface area contributed by atoms with Crippen LogP contribution in [0.5, 0.6) is 0 Å². The highest BCUT2D eigenvalue weighted by atomic mass is 32.1. The summed E-state index contributed by atoms with van der Waals surface area (Å²) in [6.07, 6.45) is 4.11. The molecule has 1 unspecified atom stereocenters. The zero-order valence-corrected chi connectivity index (χ0v) is 14.1. The topological polar surface area (TPSA) is 12.0 Å². The van der Waals surface area contributed by atoms with Crippen molar-refractivity contribution in [3.63, 3.8) is 0 Å². The molecule has 0 spiro atoms. The summed E-state index contributed by atoms with van der Waals surface area (Å²) >= 11 is 1.94. The Hall–Kier alpha value is -1.12. The average Bonchev–Trinajstić information content (AvgIpc) is 2.75. The van der Waals surface area contributed by atoms with Crippen LogP contribution in [0, 0.1) is 13.8 Å². The number of hydrogen-bond acceptors (Lipinski definition) is 2. The molecule has 0 bridgehead atoms. The maximum absolute atomic E-state index is 3.71. The van der Waals surface area contributed by atoms with Crippen molar-refractivity contribution in [3.8, 4) is 0 Å². The molecule has 1 N–H and O–H groups in total. The van der Waals surface area contributed by atoms with Gasteiger partial charge in [0.1, 0.15) is 0 Å². The maximum atomic E-state index is 3.71. The molecule has 1 aromatic carbocycles. The molecular formula is C19H25NS. The Kier molecular flexibility index (Phi) is 4.46. The van der Waals surface area contributed by atoms with E-state index in [9.17, 15) is 0 Å². The predicted octanol–water partition coefficient (Wildman–Crippen LogP) is 5.33.